The van der Waals surface area contributed by atoms with Crippen LogP contribution in [0.5, 0.6) is 0 Å². The average Bonchev–Trinajstić information content (AvgIpc) is 1.92. The van der Waals surface area contributed by atoms with Gasteiger partial charge in [0.05, 0.1) is 6.10 Å². The molecule has 0 aromatic carbocycles. The molecule has 1 saturated heterocycles. The SMILES string of the molecule is CN1CC[C@H](O)C[C@H]1C(F)(F)F. The van der Waals surface area contributed by atoms with Crippen LogP contribution in [0.25, 0.3) is 0 Å². The molecular weight excluding hydrogens is 171 g/mol. The fourth-order valence-corrected chi connectivity index (χ4v) is 1.45. The number of aliphatic hydroxyl groups is 1. The number of nitrogens with zero attached hydrogens (tertiary/aromatic N) is 1. The number of alkyl halides is 3. The molecule has 0 unspecified atom stereocenters. The zero-order valence-electron chi connectivity index (χ0n) is 6.80. The second kappa shape index (κ2) is 3.22. The smallest absolute Gasteiger partial charge is 0.393 e. The van der Waals surface area contributed by atoms with Crippen LogP contribution >= 0.6 is 0 Å². The van der Waals surface area contributed by atoms with E-state index in [1.165, 1.54) is 11.9 Å². The molecule has 0 radical (unpaired) electrons. The van der Waals surface area contributed by atoms with Crippen molar-refractivity contribution in [3.05, 3.63) is 0 Å². The van der Waals surface area contributed by atoms with Crippen LogP contribution in [0.3, 0.4) is 0 Å². The lowest BCUT2D eigenvalue weighted by Crippen LogP contribution is -2.50. The summed E-state index contributed by atoms with van der Waals surface area (Å²) in [6.45, 7) is 0.311. The fourth-order valence-electron chi connectivity index (χ4n) is 1.45. The Hall–Kier alpha value is -0.290. The first kappa shape index (κ1) is 9.80. The molecule has 0 aliphatic carbocycles. The maximum Gasteiger partial charge on any atom is 0.404 e. The van der Waals surface area contributed by atoms with Gasteiger partial charge in [-0.1, -0.05) is 0 Å². The second-order valence-electron chi connectivity index (χ2n) is 3.22. The molecule has 12 heavy (non-hydrogen) atoms. The second-order valence-corrected chi connectivity index (χ2v) is 3.22. The van der Waals surface area contributed by atoms with Gasteiger partial charge in [-0.2, -0.15) is 13.2 Å². The fraction of sp³-hybridized carbons (Fsp3) is 1.00. The van der Waals surface area contributed by atoms with Gasteiger partial charge in [0.1, 0.15) is 6.04 Å². The first-order valence-electron chi connectivity index (χ1n) is 3.86. The van der Waals surface area contributed by atoms with Gasteiger partial charge in [-0.15, -0.1) is 0 Å². The van der Waals surface area contributed by atoms with E-state index in [0.717, 1.165) is 0 Å². The Morgan fingerprint density at radius 1 is 1.42 bits per heavy atom. The molecule has 1 N–H and O–H groups in total. The summed E-state index contributed by atoms with van der Waals surface area (Å²) in [6, 6.07) is -1.47. The number of piperidine rings is 1. The Balaban J connectivity index is 2.61. The average molecular weight is 183 g/mol. The topological polar surface area (TPSA) is 23.5 Å². The highest BCUT2D eigenvalue weighted by Gasteiger charge is 2.44. The largest absolute Gasteiger partial charge is 0.404 e. The van der Waals surface area contributed by atoms with Gasteiger partial charge in [0, 0.05) is 6.54 Å². The molecule has 2 nitrogen and oxygen atoms in total. The Morgan fingerprint density at radius 3 is 2.42 bits per heavy atom. The number of hydrogen-bond donors (Lipinski definition) is 1. The molecule has 5 heteroatoms. The minimum Gasteiger partial charge on any atom is -0.393 e. The van der Waals surface area contributed by atoms with Crippen LogP contribution < -0.4 is 0 Å². The molecule has 1 rings (SSSR count). The Kier molecular flexibility index (Phi) is 2.63. The van der Waals surface area contributed by atoms with Crippen molar-refractivity contribution in [3.63, 3.8) is 0 Å². The lowest BCUT2D eigenvalue weighted by Gasteiger charge is -2.36. The van der Waals surface area contributed by atoms with Gasteiger partial charge in [0.25, 0.3) is 0 Å². The van der Waals surface area contributed by atoms with Gasteiger partial charge in [-0.25, -0.2) is 0 Å². The van der Waals surface area contributed by atoms with Crippen molar-refractivity contribution in [1.82, 2.24) is 4.90 Å². The van der Waals surface area contributed by atoms with Gasteiger partial charge >= 0.3 is 6.18 Å². The molecule has 1 aliphatic heterocycles. The zero-order chi connectivity index (χ0) is 9.35. The van der Waals surface area contributed by atoms with Crippen LogP contribution in [0.1, 0.15) is 12.8 Å². The normalized spacial score (nSPS) is 33.8. The molecular formula is C7H12F3NO. The third-order valence-electron chi connectivity index (χ3n) is 2.22. The summed E-state index contributed by atoms with van der Waals surface area (Å²) >= 11 is 0. The van der Waals surface area contributed by atoms with E-state index in [4.69, 9.17) is 5.11 Å². The number of likely N-dealkylation sites (tertiary alicyclic amines) is 1. The molecule has 0 aromatic rings. The highest BCUT2D eigenvalue weighted by Crippen LogP contribution is 2.30. The minimum absolute atomic E-state index is 0.194. The first-order chi connectivity index (χ1) is 5.41. The van der Waals surface area contributed by atoms with Gasteiger partial charge < -0.3 is 5.11 Å². The van der Waals surface area contributed by atoms with Gasteiger partial charge in [0.2, 0.25) is 0 Å². The molecule has 2 atom stereocenters. The first-order valence-corrected chi connectivity index (χ1v) is 3.86. The number of halogens is 3. The van der Waals surface area contributed by atoms with Gasteiger partial charge in [-0.3, -0.25) is 4.90 Å². The maximum absolute atomic E-state index is 12.2. The molecule has 0 bridgehead atoms. The van der Waals surface area contributed by atoms with E-state index < -0.39 is 18.3 Å². The van der Waals surface area contributed by atoms with Crippen LogP contribution in [0.2, 0.25) is 0 Å². The standard InChI is InChI=1S/C7H12F3NO/c1-11-3-2-5(12)4-6(11)7(8,9)10/h5-6,12H,2-4H2,1H3/t5-,6-/m0/s1. The number of aliphatic hydroxyl groups excluding tert-OH is 1. The predicted molar refractivity (Wildman–Crippen MR) is 37.7 cm³/mol. The van der Waals surface area contributed by atoms with Crippen molar-refractivity contribution in [2.24, 2.45) is 0 Å². The summed E-state index contributed by atoms with van der Waals surface area (Å²) in [4.78, 5) is 1.24. The Labute approximate surface area is 69.0 Å². The van der Waals surface area contributed by atoms with E-state index in [-0.39, 0.29) is 6.42 Å². The van der Waals surface area contributed by atoms with Crippen LogP contribution in [-0.2, 0) is 0 Å². The van der Waals surface area contributed by atoms with Crippen LogP contribution in [-0.4, -0.2) is 41.9 Å². The minimum atomic E-state index is -4.21. The maximum atomic E-state index is 12.2. The molecule has 1 aliphatic rings. The van der Waals surface area contributed by atoms with E-state index >= 15 is 0 Å². The summed E-state index contributed by atoms with van der Waals surface area (Å²) in [5.41, 5.74) is 0. The summed E-state index contributed by atoms with van der Waals surface area (Å²) < 4.78 is 36.6. The number of hydrogen-bond acceptors (Lipinski definition) is 2. The van der Waals surface area contributed by atoms with Crippen LogP contribution in [0.15, 0.2) is 0 Å². The summed E-state index contributed by atoms with van der Waals surface area (Å²) in [5.74, 6) is 0. The van der Waals surface area contributed by atoms with Gasteiger partial charge in [-0.05, 0) is 19.9 Å². The molecule has 0 aromatic heterocycles. The Bertz CT molecular complexity index is 159. The van der Waals surface area contributed by atoms with E-state index in [2.05, 4.69) is 0 Å². The molecule has 72 valence electrons. The monoisotopic (exact) mass is 183 g/mol. The summed E-state index contributed by atoms with van der Waals surface area (Å²) in [6.07, 6.45) is -4.77. The van der Waals surface area contributed by atoms with Crippen molar-refractivity contribution in [1.29, 1.82) is 0 Å². The third kappa shape index (κ3) is 2.10. The van der Waals surface area contributed by atoms with Crippen molar-refractivity contribution in [2.45, 2.75) is 31.2 Å². The molecule has 1 fully saturated rings. The van der Waals surface area contributed by atoms with E-state index in [1.807, 2.05) is 0 Å². The lowest BCUT2D eigenvalue weighted by atomic mass is 10.00. The highest BCUT2D eigenvalue weighted by atomic mass is 19.4. The molecule has 0 amide bonds. The van der Waals surface area contributed by atoms with Crippen molar-refractivity contribution in [3.8, 4) is 0 Å². The molecule has 0 spiro atoms. The van der Waals surface area contributed by atoms with Crippen molar-refractivity contribution in [2.75, 3.05) is 13.6 Å². The predicted octanol–water partition coefficient (Wildman–Crippen LogP) is 1.00. The summed E-state index contributed by atoms with van der Waals surface area (Å²) in [5, 5.41) is 9.03. The third-order valence-corrected chi connectivity index (χ3v) is 2.22. The van der Waals surface area contributed by atoms with E-state index in [9.17, 15) is 13.2 Å². The highest BCUT2D eigenvalue weighted by molar-refractivity contribution is 4.84. The van der Waals surface area contributed by atoms with E-state index in [1.54, 1.807) is 0 Å². The number of rotatable bonds is 0. The van der Waals surface area contributed by atoms with E-state index in [0.29, 0.717) is 13.0 Å². The van der Waals surface area contributed by atoms with Gasteiger partial charge in [0.15, 0.2) is 0 Å². The summed E-state index contributed by atoms with van der Waals surface area (Å²) in [7, 11) is 1.43. The van der Waals surface area contributed by atoms with Crippen LogP contribution in [0, 0.1) is 0 Å². The quantitative estimate of drug-likeness (QED) is 0.605. The zero-order valence-corrected chi connectivity index (χ0v) is 6.80. The molecule has 0 saturated carbocycles. The van der Waals surface area contributed by atoms with Crippen molar-refractivity contribution >= 4 is 0 Å². The molecule has 1 heterocycles. The van der Waals surface area contributed by atoms with Crippen LogP contribution in [0.4, 0.5) is 13.2 Å². The Morgan fingerprint density at radius 2 is 2.00 bits per heavy atom. The van der Waals surface area contributed by atoms with Crippen molar-refractivity contribution < 1.29 is 18.3 Å². The lowest BCUT2D eigenvalue weighted by molar-refractivity contribution is -0.195.